The van der Waals surface area contributed by atoms with Crippen LogP contribution < -0.4 is 11.5 Å². The Labute approximate surface area is 106 Å². The molecule has 0 spiro atoms. The first-order valence-electron chi connectivity index (χ1n) is 5.17. The number of hydrogen-bond donors (Lipinski definition) is 2. The van der Waals surface area contributed by atoms with Crippen LogP contribution in [0.5, 0.6) is 0 Å². The van der Waals surface area contributed by atoms with Crippen LogP contribution in [0.25, 0.3) is 0 Å². The first kappa shape index (κ1) is 14.3. The highest BCUT2D eigenvalue weighted by atomic mass is 35.5. The first-order chi connectivity index (χ1) is 7.84. The maximum absolute atomic E-state index is 11.3. The molecule has 0 aromatic heterocycles. The zero-order valence-corrected chi connectivity index (χ0v) is 11.2. The average Bonchev–Trinajstić information content (AvgIpc) is 2.72. The average molecular weight is 281 g/mol. The van der Waals surface area contributed by atoms with E-state index in [4.69, 9.17) is 23.1 Å². The molecule has 8 heteroatoms. The van der Waals surface area contributed by atoms with Crippen molar-refractivity contribution in [3.63, 3.8) is 0 Å². The third-order valence-corrected chi connectivity index (χ3v) is 4.23. The smallest absolute Gasteiger partial charge is 0.211 e. The lowest BCUT2D eigenvalue weighted by Gasteiger charge is -2.12. The zero-order chi connectivity index (χ0) is 13.1. The van der Waals surface area contributed by atoms with Crippen molar-refractivity contribution in [2.45, 2.75) is 6.42 Å². The molecule has 0 aromatic carbocycles. The molecule has 0 saturated carbocycles. The molecule has 1 saturated heterocycles. The van der Waals surface area contributed by atoms with Gasteiger partial charge in [-0.15, -0.1) is 0 Å². The Bertz CT molecular complexity index is 432. The van der Waals surface area contributed by atoms with Crippen LogP contribution in [-0.4, -0.2) is 43.8 Å². The van der Waals surface area contributed by atoms with Gasteiger partial charge < -0.3 is 11.5 Å². The van der Waals surface area contributed by atoms with Gasteiger partial charge in [0.15, 0.2) is 0 Å². The number of nitrogens with zero attached hydrogens (tertiary/aromatic N) is 2. The Kier molecular flexibility index (Phi) is 4.79. The summed E-state index contributed by atoms with van der Waals surface area (Å²) in [7, 11) is -3.10. The van der Waals surface area contributed by atoms with Crippen molar-refractivity contribution in [1.29, 1.82) is 0 Å². The van der Waals surface area contributed by atoms with Crippen LogP contribution in [0.3, 0.4) is 0 Å². The Morgan fingerprint density at radius 3 is 2.76 bits per heavy atom. The number of halogens is 1. The van der Waals surface area contributed by atoms with Gasteiger partial charge in [-0.3, -0.25) is 4.99 Å². The molecule has 1 heterocycles. The SMILES string of the molecule is CS(=O)(=O)N1CC[C@H](C/N=C(Cl)\C(N)=C/N)C1. The van der Waals surface area contributed by atoms with Crippen molar-refractivity contribution in [3.05, 3.63) is 11.9 Å². The molecule has 1 fully saturated rings. The second-order valence-electron chi connectivity index (χ2n) is 4.03. The summed E-state index contributed by atoms with van der Waals surface area (Å²) in [6.07, 6.45) is 3.18. The predicted molar refractivity (Wildman–Crippen MR) is 69.1 cm³/mol. The van der Waals surface area contributed by atoms with Gasteiger partial charge in [0, 0.05) is 25.8 Å². The molecular weight excluding hydrogens is 264 g/mol. The minimum atomic E-state index is -3.10. The number of aliphatic imine (C=N–C) groups is 1. The van der Waals surface area contributed by atoms with Gasteiger partial charge in [-0.1, -0.05) is 11.6 Å². The van der Waals surface area contributed by atoms with Crippen molar-refractivity contribution in [3.8, 4) is 0 Å². The standard InChI is InChI=1S/C9H17ClN4O2S/c1-17(15,16)14-3-2-7(6-14)5-13-9(10)8(12)4-11/h4,7H,2-3,5-6,11-12H2,1H3/b8-4+,13-9+/t7-/m1/s1. The van der Waals surface area contributed by atoms with E-state index in [-0.39, 0.29) is 16.8 Å². The van der Waals surface area contributed by atoms with E-state index in [0.717, 1.165) is 6.42 Å². The highest BCUT2D eigenvalue weighted by Gasteiger charge is 2.28. The fourth-order valence-corrected chi connectivity index (χ4v) is 2.67. The van der Waals surface area contributed by atoms with Gasteiger partial charge >= 0.3 is 0 Å². The Morgan fingerprint density at radius 2 is 2.29 bits per heavy atom. The fourth-order valence-electron chi connectivity index (χ4n) is 1.62. The zero-order valence-electron chi connectivity index (χ0n) is 9.63. The Morgan fingerprint density at radius 1 is 1.65 bits per heavy atom. The summed E-state index contributed by atoms with van der Waals surface area (Å²) in [6, 6.07) is 0. The van der Waals surface area contributed by atoms with Gasteiger partial charge in [0.25, 0.3) is 0 Å². The first-order valence-corrected chi connectivity index (χ1v) is 7.40. The van der Waals surface area contributed by atoms with Gasteiger partial charge in [0.1, 0.15) is 5.17 Å². The summed E-state index contributed by atoms with van der Waals surface area (Å²) < 4.78 is 24.0. The minimum absolute atomic E-state index is 0.172. The van der Waals surface area contributed by atoms with Crippen molar-refractivity contribution in [2.24, 2.45) is 22.4 Å². The van der Waals surface area contributed by atoms with E-state index in [1.165, 1.54) is 16.8 Å². The molecule has 1 rings (SSSR count). The second-order valence-corrected chi connectivity index (χ2v) is 6.37. The molecule has 0 radical (unpaired) electrons. The van der Waals surface area contributed by atoms with Gasteiger partial charge in [-0.25, -0.2) is 12.7 Å². The van der Waals surface area contributed by atoms with Crippen LogP contribution in [0, 0.1) is 5.92 Å². The monoisotopic (exact) mass is 280 g/mol. The van der Waals surface area contributed by atoms with Gasteiger partial charge in [-0.2, -0.15) is 0 Å². The molecule has 0 bridgehead atoms. The maximum atomic E-state index is 11.3. The molecule has 0 amide bonds. The van der Waals surface area contributed by atoms with Crippen LogP contribution in [0.4, 0.5) is 0 Å². The molecule has 17 heavy (non-hydrogen) atoms. The van der Waals surface area contributed by atoms with Gasteiger partial charge in [0.2, 0.25) is 10.0 Å². The van der Waals surface area contributed by atoms with Crippen molar-refractivity contribution in [2.75, 3.05) is 25.9 Å². The quantitative estimate of drug-likeness (QED) is 0.688. The third-order valence-electron chi connectivity index (χ3n) is 2.62. The Hall–Kier alpha value is -0.790. The Balaban J connectivity index is 2.52. The molecule has 98 valence electrons. The molecule has 1 atom stereocenters. The summed E-state index contributed by atoms with van der Waals surface area (Å²) in [5, 5.41) is 0.172. The van der Waals surface area contributed by atoms with E-state index < -0.39 is 10.0 Å². The van der Waals surface area contributed by atoms with E-state index >= 15 is 0 Å². The number of hydrogen-bond acceptors (Lipinski definition) is 5. The number of nitrogens with two attached hydrogens (primary N) is 2. The summed E-state index contributed by atoms with van der Waals surface area (Å²) in [5.41, 5.74) is 10.9. The van der Waals surface area contributed by atoms with Crippen LogP contribution in [0.1, 0.15) is 6.42 Å². The lowest BCUT2D eigenvalue weighted by molar-refractivity contribution is 0.464. The van der Waals surface area contributed by atoms with E-state index in [1.807, 2.05) is 0 Å². The van der Waals surface area contributed by atoms with Crippen LogP contribution >= 0.6 is 11.6 Å². The summed E-state index contributed by atoms with van der Waals surface area (Å²) in [5.74, 6) is 0.184. The number of allylic oxidation sites excluding steroid dienone is 1. The van der Waals surface area contributed by atoms with E-state index in [1.54, 1.807) is 0 Å². The molecule has 1 aliphatic rings. The molecule has 0 aromatic rings. The highest BCUT2D eigenvalue weighted by molar-refractivity contribution is 7.88. The lowest BCUT2D eigenvalue weighted by atomic mass is 10.1. The minimum Gasteiger partial charge on any atom is -0.403 e. The molecule has 4 N–H and O–H groups in total. The lowest BCUT2D eigenvalue weighted by Crippen LogP contribution is -2.27. The molecular formula is C9H17ClN4O2S. The maximum Gasteiger partial charge on any atom is 0.211 e. The molecule has 1 aliphatic heterocycles. The van der Waals surface area contributed by atoms with E-state index in [9.17, 15) is 8.42 Å². The van der Waals surface area contributed by atoms with Crippen LogP contribution in [0.2, 0.25) is 0 Å². The van der Waals surface area contributed by atoms with Crippen molar-refractivity contribution < 1.29 is 8.42 Å². The molecule has 6 nitrogen and oxygen atoms in total. The van der Waals surface area contributed by atoms with E-state index in [2.05, 4.69) is 4.99 Å². The second kappa shape index (κ2) is 5.70. The van der Waals surface area contributed by atoms with Gasteiger partial charge in [0.05, 0.1) is 12.0 Å². The third kappa shape index (κ3) is 4.18. The van der Waals surface area contributed by atoms with Crippen molar-refractivity contribution in [1.82, 2.24) is 4.31 Å². The van der Waals surface area contributed by atoms with Crippen LogP contribution in [0.15, 0.2) is 16.9 Å². The summed E-state index contributed by atoms with van der Waals surface area (Å²) in [6.45, 7) is 1.48. The highest BCUT2D eigenvalue weighted by Crippen LogP contribution is 2.19. The molecule has 0 unspecified atom stereocenters. The fraction of sp³-hybridized carbons (Fsp3) is 0.667. The summed E-state index contributed by atoms with van der Waals surface area (Å²) in [4.78, 5) is 4.08. The van der Waals surface area contributed by atoms with Crippen molar-refractivity contribution >= 4 is 26.8 Å². The normalized spacial score (nSPS) is 24.2. The topological polar surface area (TPSA) is 102 Å². The number of sulfonamides is 1. The largest absolute Gasteiger partial charge is 0.403 e. The predicted octanol–water partition coefficient (Wildman–Crippen LogP) is -0.336. The molecule has 0 aliphatic carbocycles. The number of rotatable bonds is 4. The van der Waals surface area contributed by atoms with Gasteiger partial charge in [-0.05, 0) is 12.3 Å². The summed E-state index contributed by atoms with van der Waals surface area (Å²) >= 11 is 5.78. The van der Waals surface area contributed by atoms with Crippen LogP contribution in [-0.2, 0) is 10.0 Å². The van der Waals surface area contributed by atoms with E-state index in [0.29, 0.717) is 19.6 Å².